The van der Waals surface area contributed by atoms with E-state index in [9.17, 15) is 13.2 Å². The van der Waals surface area contributed by atoms with Gasteiger partial charge < -0.3 is 10.1 Å². The Labute approximate surface area is 215 Å². The first-order valence-corrected chi connectivity index (χ1v) is 15.0. The van der Waals surface area contributed by atoms with Gasteiger partial charge in [0.25, 0.3) is 0 Å². The minimum atomic E-state index is -3.61. The Kier molecular flexibility index (Phi) is 6.79. The van der Waals surface area contributed by atoms with Crippen LogP contribution in [0.2, 0.25) is 0 Å². The number of aryl methyl sites for hydroxylation is 1. The van der Waals surface area contributed by atoms with E-state index in [0.29, 0.717) is 18.8 Å². The summed E-state index contributed by atoms with van der Waals surface area (Å²) in [5.41, 5.74) is 4.36. The van der Waals surface area contributed by atoms with E-state index in [-0.39, 0.29) is 17.9 Å². The Morgan fingerprint density at radius 1 is 1.00 bits per heavy atom. The van der Waals surface area contributed by atoms with Crippen LogP contribution in [0.4, 0.5) is 5.69 Å². The molecule has 194 valence electrons. The van der Waals surface area contributed by atoms with E-state index in [2.05, 4.69) is 17.4 Å². The number of nitrogens with zero attached hydrogens (tertiary/aromatic N) is 1. The van der Waals surface area contributed by atoms with Gasteiger partial charge in [-0.1, -0.05) is 24.3 Å². The predicted octanol–water partition coefficient (Wildman–Crippen LogP) is 4.73. The summed E-state index contributed by atoms with van der Waals surface area (Å²) in [6, 6.07) is 13.8. The molecule has 0 radical (unpaired) electrons. The second-order valence-corrected chi connectivity index (χ2v) is 13.3. The third-order valence-corrected chi connectivity index (χ3v) is 9.87. The van der Waals surface area contributed by atoms with Gasteiger partial charge in [0, 0.05) is 0 Å². The van der Waals surface area contributed by atoms with Gasteiger partial charge in [-0.15, -0.1) is 0 Å². The summed E-state index contributed by atoms with van der Waals surface area (Å²) in [4.78, 5) is 12.6. The fraction of sp³-hybridized carbons (Fsp3) is 0.552. The number of amides is 1. The maximum Gasteiger partial charge on any atom is 0.240 e. The van der Waals surface area contributed by atoms with Gasteiger partial charge in [-0.2, -0.15) is 0 Å². The summed E-state index contributed by atoms with van der Waals surface area (Å²) in [6.07, 6.45) is 9.12. The lowest BCUT2D eigenvalue weighted by Gasteiger charge is -2.57. The molecule has 0 aromatic heterocycles. The lowest BCUT2D eigenvalue weighted by atomic mass is 9.48. The molecule has 4 aliphatic carbocycles. The SMILES string of the molecule is Cc1cccc(OCCNC(=O)CN(c2ccc(C34CC5CC(CC(C5)C3)C4)cc2)S(C)(=O)=O)c1C. The lowest BCUT2D eigenvalue weighted by molar-refractivity contribution is -0.119. The van der Waals surface area contributed by atoms with E-state index in [1.54, 1.807) is 0 Å². The van der Waals surface area contributed by atoms with Gasteiger partial charge in [-0.05, 0) is 110 Å². The Morgan fingerprint density at radius 2 is 1.61 bits per heavy atom. The monoisotopic (exact) mass is 510 g/mol. The van der Waals surface area contributed by atoms with Gasteiger partial charge in [0.05, 0.1) is 18.5 Å². The van der Waals surface area contributed by atoms with E-state index in [1.807, 2.05) is 44.2 Å². The van der Waals surface area contributed by atoms with Crippen LogP contribution in [0.1, 0.15) is 55.2 Å². The zero-order valence-corrected chi connectivity index (χ0v) is 22.4. The third-order valence-electron chi connectivity index (χ3n) is 8.73. The van der Waals surface area contributed by atoms with E-state index < -0.39 is 10.0 Å². The number of ether oxygens (including phenoxy) is 1. The Hall–Kier alpha value is -2.54. The van der Waals surface area contributed by atoms with Crippen molar-refractivity contribution in [2.45, 2.75) is 57.8 Å². The average molecular weight is 511 g/mol. The van der Waals surface area contributed by atoms with Crippen molar-refractivity contribution >= 4 is 21.6 Å². The van der Waals surface area contributed by atoms with Crippen LogP contribution in [0.25, 0.3) is 0 Å². The number of sulfonamides is 1. The van der Waals surface area contributed by atoms with Gasteiger partial charge in [-0.3, -0.25) is 9.10 Å². The molecule has 0 atom stereocenters. The Balaban J connectivity index is 1.21. The van der Waals surface area contributed by atoms with Gasteiger partial charge in [0.1, 0.15) is 18.9 Å². The van der Waals surface area contributed by atoms with Crippen molar-refractivity contribution in [3.8, 4) is 5.75 Å². The van der Waals surface area contributed by atoms with Crippen molar-refractivity contribution in [1.29, 1.82) is 0 Å². The molecule has 0 saturated heterocycles. The summed E-state index contributed by atoms with van der Waals surface area (Å²) >= 11 is 0. The van der Waals surface area contributed by atoms with E-state index in [1.165, 1.54) is 48.4 Å². The molecule has 0 spiro atoms. The molecule has 6 nitrogen and oxygen atoms in total. The summed E-state index contributed by atoms with van der Waals surface area (Å²) in [6.45, 7) is 4.39. The quantitative estimate of drug-likeness (QED) is 0.495. The average Bonchev–Trinajstić information content (AvgIpc) is 2.81. The van der Waals surface area contributed by atoms with Gasteiger partial charge in [0.2, 0.25) is 15.9 Å². The van der Waals surface area contributed by atoms with Crippen molar-refractivity contribution < 1.29 is 17.9 Å². The first-order chi connectivity index (χ1) is 17.1. The molecular formula is C29H38N2O4S. The number of anilines is 1. The number of carbonyl (C=O) groups excluding carboxylic acids is 1. The highest BCUT2D eigenvalue weighted by Gasteiger charge is 2.51. The normalized spacial score (nSPS) is 26.6. The van der Waals surface area contributed by atoms with Crippen molar-refractivity contribution in [2.75, 3.05) is 30.3 Å². The summed E-state index contributed by atoms with van der Waals surface area (Å²) in [5, 5.41) is 2.79. The van der Waals surface area contributed by atoms with Crippen LogP contribution in [0, 0.1) is 31.6 Å². The highest BCUT2D eigenvalue weighted by atomic mass is 32.2. The maximum absolute atomic E-state index is 12.6. The molecule has 0 unspecified atom stereocenters. The van der Waals surface area contributed by atoms with Crippen molar-refractivity contribution in [2.24, 2.45) is 17.8 Å². The van der Waals surface area contributed by atoms with Crippen LogP contribution in [-0.4, -0.2) is 40.3 Å². The molecule has 4 aliphatic rings. The van der Waals surface area contributed by atoms with Crippen LogP contribution < -0.4 is 14.4 Å². The summed E-state index contributed by atoms with van der Waals surface area (Å²) in [5.74, 6) is 3.00. The Bertz CT molecular complexity index is 1190. The van der Waals surface area contributed by atoms with Crippen LogP contribution in [0.5, 0.6) is 5.75 Å². The fourth-order valence-electron chi connectivity index (χ4n) is 7.26. The highest BCUT2D eigenvalue weighted by Crippen LogP contribution is 2.60. The maximum atomic E-state index is 12.6. The van der Waals surface area contributed by atoms with Crippen LogP contribution in [0.15, 0.2) is 42.5 Å². The largest absolute Gasteiger partial charge is 0.491 e. The van der Waals surface area contributed by atoms with Crippen molar-refractivity contribution in [3.63, 3.8) is 0 Å². The zero-order valence-electron chi connectivity index (χ0n) is 21.6. The second kappa shape index (κ2) is 9.73. The topological polar surface area (TPSA) is 75.7 Å². The van der Waals surface area contributed by atoms with Gasteiger partial charge in [0.15, 0.2) is 0 Å². The molecule has 1 N–H and O–H groups in total. The number of rotatable bonds is 9. The van der Waals surface area contributed by atoms with Crippen LogP contribution in [-0.2, 0) is 20.2 Å². The molecule has 1 amide bonds. The smallest absolute Gasteiger partial charge is 0.240 e. The Morgan fingerprint density at radius 3 is 2.19 bits per heavy atom. The molecule has 0 aliphatic heterocycles. The van der Waals surface area contributed by atoms with E-state index in [0.717, 1.165) is 40.9 Å². The molecule has 36 heavy (non-hydrogen) atoms. The summed E-state index contributed by atoms with van der Waals surface area (Å²) in [7, 11) is -3.61. The summed E-state index contributed by atoms with van der Waals surface area (Å²) < 4.78 is 32.1. The van der Waals surface area contributed by atoms with Gasteiger partial charge >= 0.3 is 0 Å². The number of benzene rings is 2. The first kappa shape index (κ1) is 25.1. The second-order valence-electron chi connectivity index (χ2n) is 11.4. The minimum Gasteiger partial charge on any atom is -0.491 e. The van der Waals surface area contributed by atoms with Crippen molar-refractivity contribution in [1.82, 2.24) is 5.32 Å². The molecule has 4 fully saturated rings. The molecule has 4 saturated carbocycles. The van der Waals surface area contributed by atoms with E-state index >= 15 is 0 Å². The molecule has 2 aromatic rings. The number of hydrogen-bond acceptors (Lipinski definition) is 4. The van der Waals surface area contributed by atoms with Crippen molar-refractivity contribution in [3.05, 3.63) is 59.2 Å². The number of carbonyl (C=O) groups is 1. The molecule has 7 heteroatoms. The predicted molar refractivity (Wildman–Crippen MR) is 143 cm³/mol. The molecule has 2 aromatic carbocycles. The van der Waals surface area contributed by atoms with Crippen LogP contribution >= 0.6 is 0 Å². The first-order valence-electron chi connectivity index (χ1n) is 13.2. The highest BCUT2D eigenvalue weighted by molar-refractivity contribution is 7.92. The third kappa shape index (κ3) is 5.13. The minimum absolute atomic E-state index is 0.251. The van der Waals surface area contributed by atoms with Crippen LogP contribution in [0.3, 0.4) is 0 Å². The van der Waals surface area contributed by atoms with E-state index in [4.69, 9.17) is 4.74 Å². The number of nitrogens with one attached hydrogen (secondary N) is 1. The molecule has 0 heterocycles. The number of hydrogen-bond donors (Lipinski definition) is 1. The lowest BCUT2D eigenvalue weighted by Crippen LogP contribution is -2.48. The zero-order chi connectivity index (χ0) is 25.5. The fourth-order valence-corrected chi connectivity index (χ4v) is 8.12. The molecule has 6 rings (SSSR count). The van der Waals surface area contributed by atoms with Gasteiger partial charge in [-0.25, -0.2) is 8.42 Å². The molecule has 4 bridgehead atoms. The molecular weight excluding hydrogens is 472 g/mol. The standard InChI is InChI=1S/C29H38N2O4S/c1-20-5-4-6-27(21(20)2)35-12-11-30-28(32)19-31(36(3,33)34)26-9-7-25(8-10-26)29-16-22-13-23(17-29)15-24(14-22)18-29/h4-10,22-24H,11-19H2,1-3H3,(H,30,32).